The van der Waals surface area contributed by atoms with E-state index in [1.165, 1.54) is 0 Å². The van der Waals surface area contributed by atoms with Gasteiger partial charge in [0.15, 0.2) is 9.84 Å². The zero-order valence-corrected chi connectivity index (χ0v) is 12.5. The average Bonchev–Trinajstić information content (AvgIpc) is 2.67. The first-order chi connectivity index (χ1) is 8.85. The molecule has 0 aromatic rings. The summed E-state index contributed by atoms with van der Waals surface area (Å²) in [5.41, 5.74) is 5.65. The summed E-state index contributed by atoms with van der Waals surface area (Å²) in [6.45, 7) is 2.71. The lowest BCUT2D eigenvalue weighted by molar-refractivity contribution is -0.134. The molecule has 2 N–H and O–H groups in total. The van der Waals surface area contributed by atoms with Gasteiger partial charge in [-0.1, -0.05) is 0 Å². The van der Waals surface area contributed by atoms with Gasteiger partial charge in [0.1, 0.15) is 0 Å². The number of sulfone groups is 1. The predicted molar refractivity (Wildman–Crippen MR) is 73.5 cm³/mol. The molecular formula is C12H24N2O4S. The van der Waals surface area contributed by atoms with Gasteiger partial charge in [-0.3, -0.25) is 4.79 Å². The number of hydrogen-bond acceptors (Lipinski definition) is 5. The summed E-state index contributed by atoms with van der Waals surface area (Å²) >= 11 is 0. The maximum atomic E-state index is 12.2. The van der Waals surface area contributed by atoms with Gasteiger partial charge in [0.25, 0.3) is 0 Å². The molecule has 0 spiro atoms. The van der Waals surface area contributed by atoms with Gasteiger partial charge in [-0.2, -0.15) is 0 Å². The van der Waals surface area contributed by atoms with Gasteiger partial charge in [-0.25, -0.2) is 8.42 Å². The van der Waals surface area contributed by atoms with Gasteiger partial charge in [-0.15, -0.1) is 0 Å². The van der Waals surface area contributed by atoms with Crippen molar-refractivity contribution in [1.82, 2.24) is 4.90 Å². The first-order valence-corrected chi connectivity index (χ1v) is 8.42. The highest BCUT2D eigenvalue weighted by atomic mass is 32.2. The number of carbonyl (C=O) groups excluding carboxylic acids is 1. The number of rotatable bonds is 7. The number of amides is 1. The van der Waals surface area contributed by atoms with Crippen molar-refractivity contribution in [1.29, 1.82) is 0 Å². The van der Waals surface area contributed by atoms with E-state index < -0.39 is 9.84 Å². The molecule has 0 saturated carbocycles. The molecule has 1 amide bonds. The molecule has 0 aromatic heterocycles. The molecule has 1 heterocycles. The second-order valence-electron chi connectivity index (χ2n) is 5.15. The Hall–Kier alpha value is -0.660. The zero-order chi connectivity index (χ0) is 14.5. The van der Waals surface area contributed by atoms with Crippen LogP contribution in [0.3, 0.4) is 0 Å². The lowest BCUT2D eigenvalue weighted by Crippen LogP contribution is -2.43. The Bertz CT molecular complexity index is 395. The summed E-state index contributed by atoms with van der Waals surface area (Å²) in [4.78, 5) is 13.8. The topological polar surface area (TPSA) is 89.7 Å². The molecule has 1 fully saturated rings. The minimum atomic E-state index is -2.99. The standard InChI is InChI=1S/C12H24N2O4S/c1-10(13)3-4-12(15)14(6-7-18-2)11-5-8-19(16,17)9-11/h10-11H,3-9,13H2,1-2H3. The molecular weight excluding hydrogens is 268 g/mol. The molecule has 19 heavy (non-hydrogen) atoms. The van der Waals surface area contributed by atoms with Crippen molar-refractivity contribution in [2.24, 2.45) is 5.73 Å². The van der Waals surface area contributed by atoms with Crippen molar-refractivity contribution in [2.75, 3.05) is 31.8 Å². The van der Waals surface area contributed by atoms with E-state index >= 15 is 0 Å². The van der Waals surface area contributed by atoms with Gasteiger partial charge in [0.2, 0.25) is 5.91 Å². The number of hydrogen-bond donors (Lipinski definition) is 1. The van der Waals surface area contributed by atoms with Crippen molar-refractivity contribution >= 4 is 15.7 Å². The van der Waals surface area contributed by atoms with E-state index in [-0.39, 0.29) is 29.5 Å². The van der Waals surface area contributed by atoms with Crippen LogP contribution in [0, 0.1) is 0 Å². The van der Waals surface area contributed by atoms with Crippen molar-refractivity contribution in [3.8, 4) is 0 Å². The minimum absolute atomic E-state index is 0.0273. The van der Waals surface area contributed by atoms with Gasteiger partial charge >= 0.3 is 0 Å². The molecule has 1 rings (SSSR count). The summed E-state index contributed by atoms with van der Waals surface area (Å²) in [7, 11) is -1.42. The fourth-order valence-corrected chi connectivity index (χ4v) is 3.95. The SMILES string of the molecule is COCCN(C(=O)CCC(C)N)C1CCS(=O)(=O)C1. The molecule has 2 atom stereocenters. The van der Waals surface area contributed by atoms with Gasteiger partial charge in [-0.05, 0) is 19.8 Å². The van der Waals surface area contributed by atoms with Crippen molar-refractivity contribution in [2.45, 2.75) is 38.3 Å². The third-order valence-electron chi connectivity index (χ3n) is 3.32. The fourth-order valence-electron chi connectivity index (χ4n) is 2.22. The minimum Gasteiger partial charge on any atom is -0.383 e. The maximum absolute atomic E-state index is 12.2. The van der Waals surface area contributed by atoms with Crippen molar-refractivity contribution in [3.05, 3.63) is 0 Å². The normalized spacial score (nSPS) is 23.2. The first-order valence-electron chi connectivity index (χ1n) is 6.60. The Morgan fingerprint density at radius 3 is 2.68 bits per heavy atom. The third kappa shape index (κ3) is 5.46. The number of nitrogens with two attached hydrogens (primary N) is 1. The Morgan fingerprint density at radius 2 is 2.21 bits per heavy atom. The van der Waals surface area contributed by atoms with Crippen LogP contribution >= 0.6 is 0 Å². The molecule has 1 aliphatic heterocycles. The van der Waals surface area contributed by atoms with Crippen LogP contribution in [0.5, 0.6) is 0 Å². The van der Waals surface area contributed by atoms with Gasteiger partial charge in [0, 0.05) is 32.2 Å². The predicted octanol–water partition coefficient (Wildman–Crippen LogP) is -0.224. The molecule has 0 radical (unpaired) electrons. The summed E-state index contributed by atoms with van der Waals surface area (Å²) < 4.78 is 28.0. The van der Waals surface area contributed by atoms with E-state index in [9.17, 15) is 13.2 Å². The number of carbonyl (C=O) groups is 1. The summed E-state index contributed by atoms with van der Waals surface area (Å²) in [6, 6.07) is -0.235. The van der Waals surface area contributed by atoms with E-state index in [1.54, 1.807) is 12.0 Å². The van der Waals surface area contributed by atoms with Crippen LogP contribution in [0.2, 0.25) is 0 Å². The lowest BCUT2D eigenvalue weighted by Gasteiger charge is -2.28. The summed E-state index contributed by atoms with van der Waals surface area (Å²) in [5, 5.41) is 0. The molecule has 6 nitrogen and oxygen atoms in total. The Balaban J connectivity index is 2.63. The molecule has 0 aromatic carbocycles. The number of ether oxygens (including phenoxy) is 1. The van der Waals surface area contributed by atoms with Crippen LogP contribution in [-0.4, -0.2) is 63.1 Å². The van der Waals surface area contributed by atoms with Crippen LogP contribution in [-0.2, 0) is 19.4 Å². The van der Waals surface area contributed by atoms with E-state index in [4.69, 9.17) is 10.5 Å². The second kappa shape index (κ2) is 7.21. The monoisotopic (exact) mass is 292 g/mol. The fraction of sp³-hybridized carbons (Fsp3) is 0.917. The molecule has 1 aliphatic rings. The van der Waals surface area contributed by atoms with E-state index in [2.05, 4.69) is 0 Å². The summed E-state index contributed by atoms with van der Waals surface area (Å²) in [5.74, 6) is 0.207. The first kappa shape index (κ1) is 16.4. The number of methoxy groups -OCH3 is 1. The molecule has 1 saturated heterocycles. The third-order valence-corrected chi connectivity index (χ3v) is 5.07. The van der Waals surface area contributed by atoms with Crippen LogP contribution < -0.4 is 5.73 Å². The van der Waals surface area contributed by atoms with E-state index in [0.29, 0.717) is 32.4 Å². The molecule has 0 bridgehead atoms. The highest BCUT2D eigenvalue weighted by molar-refractivity contribution is 7.91. The van der Waals surface area contributed by atoms with Crippen LogP contribution in [0.1, 0.15) is 26.2 Å². The second-order valence-corrected chi connectivity index (χ2v) is 7.38. The zero-order valence-electron chi connectivity index (χ0n) is 11.7. The Kier molecular flexibility index (Phi) is 6.22. The molecule has 0 aliphatic carbocycles. The summed E-state index contributed by atoms with van der Waals surface area (Å²) in [6.07, 6.45) is 1.50. The Morgan fingerprint density at radius 1 is 1.53 bits per heavy atom. The average molecular weight is 292 g/mol. The van der Waals surface area contributed by atoms with Crippen LogP contribution in [0.4, 0.5) is 0 Å². The maximum Gasteiger partial charge on any atom is 0.222 e. The molecule has 7 heteroatoms. The largest absolute Gasteiger partial charge is 0.383 e. The highest BCUT2D eigenvalue weighted by Gasteiger charge is 2.34. The lowest BCUT2D eigenvalue weighted by atomic mass is 10.1. The van der Waals surface area contributed by atoms with Crippen LogP contribution in [0.15, 0.2) is 0 Å². The Labute approximate surface area is 115 Å². The van der Waals surface area contributed by atoms with Crippen molar-refractivity contribution < 1.29 is 17.9 Å². The molecule has 112 valence electrons. The quantitative estimate of drug-likeness (QED) is 0.700. The smallest absolute Gasteiger partial charge is 0.222 e. The highest BCUT2D eigenvalue weighted by Crippen LogP contribution is 2.19. The van der Waals surface area contributed by atoms with Gasteiger partial charge in [0.05, 0.1) is 18.1 Å². The van der Waals surface area contributed by atoms with E-state index in [1.807, 2.05) is 6.92 Å². The van der Waals surface area contributed by atoms with Gasteiger partial charge < -0.3 is 15.4 Å². The van der Waals surface area contributed by atoms with Crippen LogP contribution in [0.25, 0.3) is 0 Å². The van der Waals surface area contributed by atoms with Crippen molar-refractivity contribution in [3.63, 3.8) is 0 Å². The van der Waals surface area contributed by atoms with E-state index in [0.717, 1.165) is 0 Å². The molecule has 2 unspecified atom stereocenters. The number of nitrogens with zero attached hydrogens (tertiary/aromatic N) is 1.